The van der Waals surface area contributed by atoms with Crippen LogP contribution in [0.5, 0.6) is 5.75 Å². The molecule has 2 aromatic carbocycles. The lowest BCUT2D eigenvalue weighted by Crippen LogP contribution is -2.24. The second-order valence-corrected chi connectivity index (χ2v) is 5.95. The van der Waals surface area contributed by atoms with Crippen LogP contribution in [0.15, 0.2) is 70.2 Å². The molecule has 0 spiro atoms. The Bertz CT molecular complexity index is 1030. The highest BCUT2D eigenvalue weighted by atomic mass is 35.5. The number of amides is 1. The van der Waals surface area contributed by atoms with Gasteiger partial charge in [0.25, 0.3) is 11.6 Å². The van der Waals surface area contributed by atoms with Crippen molar-refractivity contribution >= 4 is 29.4 Å². The fourth-order valence-electron chi connectivity index (χ4n) is 2.31. The SMILES string of the molecule is O=C(COc1cccc(Cl)c1)N/N=C\c1ccc(-c2ccccc2[N+](=O)[O-])o1. The van der Waals surface area contributed by atoms with Gasteiger partial charge in [0.15, 0.2) is 6.61 Å². The number of nitrogens with zero attached hydrogens (tertiary/aromatic N) is 2. The standard InChI is InChI=1S/C19H14ClN3O5/c20-13-4-3-5-14(10-13)27-12-19(24)22-21-11-15-8-9-18(28-15)16-6-1-2-7-17(16)23(25)26/h1-11H,12H2,(H,22,24)/b21-11-. The lowest BCUT2D eigenvalue weighted by Gasteiger charge is -2.04. The van der Waals surface area contributed by atoms with Crippen molar-refractivity contribution in [1.82, 2.24) is 5.43 Å². The Morgan fingerprint density at radius 2 is 2.04 bits per heavy atom. The molecule has 0 atom stereocenters. The average molecular weight is 400 g/mol. The smallest absolute Gasteiger partial charge is 0.280 e. The van der Waals surface area contributed by atoms with Gasteiger partial charge < -0.3 is 9.15 Å². The fourth-order valence-corrected chi connectivity index (χ4v) is 2.49. The highest BCUT2D eigenvalue weighted by Crippen LogP contribution is 2.30. The summed E-state index contributed by atoms with van der Waals surface area (Å²) in [6.07, 6.45) is 1.29. The minimum absolute atomic E-state index is 0.0631. The van der Waals surface area contributed by atoms with Gasteiger partial charge in [0.2, 0.25) is 0 Å². The van der Waals surface area contributed by atoms with Crippen LogP contribution in [0.25, 0.3) is 11.3 Å². The van der Waals surface area contributed by atoms with Crippen molar-refractivity contribution < 1.29 is 18.9 Å². The Balaban J connectivity index is 1.57. The topological polar surface area (TPSA) is 107 Å². The maximum atomic E-state index is 11.7. The number of ether oxygens (including phenoxy) is 1. The van der Waals surface area contributed by atoms with Gasteiger partial charge in [-0.05, 0) is 36.4 Å². The maximum Gasteiger partial charge on any atom is 0.280 e. The van der Waals surface area contributed by atoms with Crippen LogP contribution in [0, 0.1) is 10.1 Å². The molecule has 1 heterocycles. The number of nitro groups is 1. The van der Waals surface area contributed by atoms with Gasteiger partial charge in [0.1, 0.15) is 17.3 Å². The van der Waals surface area contributed by atoms with Gasteiger partial charge in [0, 0.05) is 11.1 Å². The number of furan rings is 1. The van der Waals surface area contributed by atoms with E-state index in [9.17, 15) is 14.9 Å². The van der Waals surface area contributed by atoms with Crippen LogP contribution in [-0.2, 0) is 4.79 Å². The first-order valence-corrected chi connectivity index (χ1v) is 8.44. The quantitative estimate of drug-likeness (QED) is 0.366. The Hall–Kier alpha value is -3.65. The Morgan fingerprint density at radius 3 is 2.82 bits per heavy atom. The average Bonchev–Trinajstić information content (AvgIpc) is 3.15. The molecule has 1 N–H and O–H groups in total. The number of hydrazone groups is 1. The first-order chi connectivity index (χ1) is 13.5. The number of carbonyl (C=O) groups excluding carboxylic acids is 1. The van der Waals surface area contributed by atoms with E-state index in [2.05, 4.69) is 10.5 Å². The van der Waals surface area contributed by atoms with E-state index in [4.69, 9.17) is 20.8 Å². The van der Waals surface area contributed by atoms with Crippen molar-refractivity contribution in [2.45, 2.75) is 0 Å². The fraction of sp³-hybridized carbons (Fsp3) is 0.0526. The summed E-state index contributed by atoms with van der Waals surface area (Å²) in [5, 5.41) is 15.4. The second-order valence-electron chi connectivity index (χ2n) is 5.52. The van der Waals surface area contributed by atoms with E-state index in [0.717, 1.165) is 0 Å². The van der Waals surface area contributed by atoms with Crippen LogP contribution in [0.1, 0.15) is 5.76 Å². The summed E-state index contributed by atoms with van der Waals surface area (Å²) >= 11 is 5.83. The molecule has 0 bridgehead atoms. The molecule has 0 unspecified atom stereocenters. The summed E-state index contributed by atoms with van der Waals surface area (Å²) in [6.45, 7) is -0.239. The molecule has 28 heavy (non-hydrogen) atoms. The molecule has 1 amide bonds. The summed E-state index contributed by atoms with van der Waals surface area (Å²) < 4.78 is 10.8. The number of hydrogen-bond donors (Lipinski definition) is 1. The van der Waals surface area contributed by atoms with Gasteiger partial charge >= 0.3 is 0 Å². The third-order valence-corrected chi connectivity index (χ3v) is 3.78. The largest absolute Gasteiger partial charge is 0.484 e. The molecular formula is C19H14ClN3O5. The first kappa shape index (κ1) is 19.1. The van der Waals surface area contributed by atoms with Crippen molar-refractivity contribution in [1.29, 1.82) is 0 Å². The second kappa shape index (κ2) is 8.83. The molecule has 0 saturated carbocycles. The van der Waals surface area contributed by atoms with Crippen LogP contribution >= 0.6 is 11.6 Å². The number of halogens is 1. The lowest BCUT2D eigenvalue weighted by molar-refractivity contribution is -0.384. The van der Waals surface area contributed by atoms with Gasteiger partial charge in [-0.25, -0.2) is 5.43 Å². The Morgan fingerprint density at radius 1 is 1.21 bits per heavy atom. The number of nitro benzene ring substituents is 1. The van der Waals surface area contributed by atoms with Crippen LogP contribution in [0.3, 0.4) is 0 Å². The van der Waals surface area contributed by atoms with E-state index in [0.29, 0.717) is 27.9 Å². The molecule has 0 aliphatic rings. The van der Waals surface area contributed by atoms with Crippen molar-refractivity contribution in [3.63, 3.8) is 0 Å². The molecule has 3 rings (SSSR count). The molecule has 0 aliphatic heterocycles. The molecule has 0 fully saturated rings. The molecule has 142 valence electrons. The van der Waals surface area contributed by atoms with Gasteiger partial charge in [-0.3, -0.25) is 14.9 Å². The number of nitrogens with one attached hydrogen (secondary N) is 1. The molecule has 0 aliphatic carbocycles. The van der Waals surface area contributed by atoms with Gasteiger partial charge in [-0.15, -0.1) is 0 Å². The zero-order valence-corrected chi connectivity index (χ0v) is 15.1. The van der Waals surface area contributed by atoms with Crippen molar-refractivity contribution in [2.75, 3.05) is 6.61 Å². The zero-order chi connectivity index (χ0) is 19.9. The molecule has 1 aromatic heterocycles. The molecule has 9 heteroatoms. The van der Waals surface area contributed by atoms with Crippen LogP contribution in [0.2, 0.25) is 5.02 Å². The summed E-state index contributed by atoms with van der Waals surface area (Å²) in [5.74, 6) is 0.641. The Labute approximate surface area is 164 Å². The molecule has 0 saturated heterocycles. The molecular weight excluding hydrogens is 386 g/mol. The number of para-hydroxylation sites is 1. The van der Waals surface area contributed by atoms with E-state index in [1.807, 2.05) is 0 Å². The molecule has 8 nitrogen and oxygen atoms in total. The van der Waals surface area contributed by atoms with Crippen molar-refractivity contribution in [3.8, 4) is 17.1 Å². The Kier molecular flexibility index (Phi) is 6.03. The minimum atomic E-state index is -0.480. The summed E-state index contributed by atoms with van der Waals surface area (Å²) in [6, 6.07) is 16.1. The number of hydrogen-bond acceptors (Lipinski definition) is 6. The third-order valence-electron chi connectivity index (χ3n) is 3.54. The highest BCUT2D eigenvalue weighted by Gasteiger charge is 2.16. The summed E-state index contributed by atoms with van der Waals surface area (Å²) in [7, 11) is 0. The van der Waals surface area contributed by atoms with Crippen LogP contribution in [-0.4, -0.2) is 23.7 Å². The predicted octanol–water partition coefficient (Wildman–Crippen LogP) is 4.04. The highest BCUT2D eigenvalue weighted by molar-refractivity contribution is 6.30. The van der Waals surface area contributed by atoms with Gasteiger partial charge in [-0.2, -0.15) is 5.10 Å². The molecule has 0 radical (unpaired) electrons. The first-order valence-electron chi connectivity index (χ1n) is 8.07. The monoisotopic (exact) mass is 399 g/mol. The molecule has 3 aromatic rings. The lowest BCUT2D eigenvalue weighted by atomic mass is 10.1. The minimum Gasteiger partial charge on any atom is -0.484 e. The van der Waals surface area contributed by atoms with Gasteiger partial charge in [-0.1, -0.05) is 29.8 Å². The number of carbonyl (C=O) groups is 1. The number of benzene rings is 2. The summed E-state index contributed by atoms with van der Waals surface area (Å²) in [5.41, 5.74) is 2.59. The van der Waals surface area contributed by atoms with E-state index in [-0.39, 0.29) is 12.3 Å². The third kappa shape index (κ3) is 4.95. The van der Waals surface area contributed by atoms with Gasteiger partial charge in [0.05, 0.1) is 16.7 Å². The van der Waals surface area contributed by atoms with Crippen LogP contribution in [0.4, 0.5) is 5.69 Å². The zero-order valence-electron chi connectivity index (χ0n) is 14.4. The normalized spacial score (nSPS) is 10.8. The van der Waals surface area contributed by atoms with E-state index < -0.39 is 10.8 Å². The maximum absolute atomic E-state index is 11.7. The van der Waals surface area contributed by atoms with E-state index in [1.54, 1.807) is 54.6 Å². The van der Waals surface area contributed by atoms with Crippen LogP contribution < -0.4 is 10.2 Å². The predicted molar refractivity (Wildman–Crippen MR) is 103 cm³/mol. The van der Waals surface area contributed by atoms with E-state index in [1.165, 1.54) is 12.3 Å². The van der Waals surface area contributed by atoms with Crippen molar-refractivity contribution in [2.24, 2.45) is 5.10 Å². The van der Waals surface area contributed by atoms with Crippen molar-refractivity contribution in [3.05, 3.63) is 81.6 Å². The van der Waals surface area contributed by atoms with E-state index >= 15 is 0 Å². The number of rotatable bonds is 7. The summed E-state index contributed by atoms with van der Waals surface area (Å²) in [4.78, 5) is 22.4.